The van der Waals surface area contributed by atoms with Crippen molar-refractivity contribution in [2.45, 2.75) is 0 Å². The lowest BCUT2D eigenvalue weighted by Gasteiger charge is -1.81. The van der Waals surface area contributed by atoms with Gasteiger partial charge in [-0.15, -0.1) is 0 Å². The third-order valence-electron chi connectivity index (χ3n) is 1.88. The Balaban J connectivity index is 0.000000128. The van der Waals surface area contributed by atoms with Gasteiger partial charge in [0.1, 0.15) is 0 Å². The first-order valence-electron chi connectivity index (χ1n) is 4.42. The predicted octanol–water partition coefficient (Wildman–Crippen LogP) is 2.58. The second-order valence-corrected chi connectivity index (χ2v) is 2.85. The Morgan fingerprint density at radius 2 is 1.64 bits per heavy atom. The molecule has 2 heterocycles. The summed E-state index contributed by atoms with van der Waals surface area (Å²) < 4.78 is 0. The van der Waals surface area contributed by atoms with Crippen LogP contribution in [-0.4, -0.2) is 15.2 Å². The quantitative estimate of drug-likeness (QED) is 0.555. The number of aromatic nitrogens is 3. The van der Waals surface area contributed by atoms with Crippen molar-refractivity contribution in [3.05, 3.63) is 55.1 Å². The van der Waals surface area contributed by atoms with Crippen LogP contribution in [0.5, 0.6) is 0 Å². The number of nitrogens with one attached hydrogen (secondary N) is 2. The number of aromatic amines is 2. The normalized spacial score (nSPS) is 9.43. The molecule has 1 aromatic carbocycles. The molecule has 0 atom stereocenters. The molecule has 0 bridgehead atoms. The monoisotopic (exact) mass is 185 g/mol. The van der Waals surface area contributed by atoms with Gasteiger partial charge in [0.15, 0.2) is 0 Å². The average Bonchev–Trinajstić information content (AvgIpc) is 2.92. The van der Waals surface area contributed by atoms with Crippen LogP contribution in [0.25, 0.3) is 10.8 Å². The third kappa shape index (κ3) is 2.01. The second kappa shape index (κ2) is 4.28. The van der Waals surface area contributed by atoms with Gasteiger partial charge in [0.25, 0.3) is 0 Å². The highest BCUT2D eigenvalue weighted by Gasteiger charge is 1.86. The zero-order valence-corrected chi connectivity index (χ0v) is 7.64. The van der Waals surface area contributed by atoms with Crippen LogP contribution in [0.2, 0.25) is 0 Å². The van der Waals surface area contributed by atoms with Crippen molar-refractivity contribution < 1.29 is 0 Å². The maximum Gasteiger partial charge on any atom is 0.0487 e. The lowest BCUT2D eigenvalue weighted by atomic mass is 10.2. The Morgan fingerprint density at radius 1 is 0.929 bits per heavy atom. The van der Waals surface area contributed by atoms with E-state index in [2.05, 4.69) is 27.3 Å². The van der Waals surface area contributed by atoms with E-state index in [1.807, 2.05) is 30.6 Å². The van der Waals surface area contributed by atoms with Crippen molar-refractivity contribution in [3.63, 3.8) is 0 Å². The van der Waals surface area contributed by atoms with E-state index in [4.69, 9.17) is 0 Å². The van der Waals surface area contributed by atoms with Crippen LogP contribution in [0, 0.1) is 0 Å². The van der Waals surface area contributed by atoms with Gasteiger partial charge < -0.3 is 4.98 Å². The third-order valence-corrected chi connectivity index (χ3v) is 1.88. The van der Waals surface area contributed by atoms with Gasteiger partial charge in [-0.2, -0.15) is 5.10 Å². The van der Waals surface area contributed by atoms with Crippen LogP contribution < -0.4 is 0 Å². The Morgan fingerprint density at radius 3 is 2.07 bits per heavy atom. The number of hydrogen-bond acceptors (Lipinski definition) is 1. The molecule has 2 N–H and O–H groups in total. The molecule has 3 heteroatoms. The first-order chi connectivity index (χ1) is 6.97. The van der Waals surface area contributed by atoms with Crippen LogP contribution in [-0.2, 0) is 0 Å². The van der Waals surface area contributed by atoms with E-state index < -0.39 is 0 Å². The summed E-state index contributed by atoms with van der Waals surface area (Å²) in [5, 5.41) is 8.76. The van der Waals surface area contributed by atoms with E-state index in [0.717, 1.165) is 0 Å². The van der Waals surface area contributed by atoms with Crippen molar-refractivity contribution in [2.75, 3.05) is 0 Å². The highest BCUT2D eigenvalue weighted by molar-refractivity contribution is 5.81. The number of fused-ring (bicyclic) bond motifs is 1. The van der Waals surface area contributed by atoms with E-state index in [-0.39, 0.29) is 0 Å². The molecule has 70 valence electrons. The molecule has 14 heavy (non-hydrogen) atoms. The van der Waals surface area contributed by atoms with Crippen LogP contribution in [0.1, 0.15) is 0 Å². The minimum absolute atomic E-state index is 1.28. The fourth-order valence-corrected chi connectivity index (χ4v) is 1.21. The lowest BCUT2D eigenvalue weighted by Crippen LogP contribution is -1.57. The molecule has 0 saturated heterocycles. The summed E-state index contributed by atoms with van der Waals surface area (Å²) in [5.74, 6) is 0. The van der Waals surface area contributed by atoms with E-state index in [9.17, 15) is 0 Å². The largest absolute Gasteiger partial charge is 0.366 e. The summed E-state index contributed by atoms with van der Waals surface area (Å²) in [6.45, 7) is 0. The number of H-pyrrole nitrogens is 2. The minimum Gasteiger partial charge on any atom is -0.366 e. The molecule has 0 aliphatic carbocycles. The van der Waals surface area contributed by atoms with E-state index in [1.165, 1.54) is 10.8 Å². The van der Waals surface area contributed by atoms with Crippen molar-refractivity contribution in [3.8, 4) is 0 Å². The summed E-state index contributed by atoms with van der Waals surface area (Å²) in [6.07, 6.45) is 7.45. The smallest absolute Gasteiger partial charge is 0.0487 e. The molecule has 0 saturated carbocycles. The molecule has 0 spiro atoms. The van der Waals surface area contributed by atoms with Gasteiger partial charge in [0, 0.05) is 24.8 Å². The van der Waals surface area contributed by atoms with Gasteiger partial charge in [0.2, 0.25) is 0 Å². The Bertz CT molecular complexity index is 421. The Labute approximate surface area is 81.8 Å². The fourth-order valence-electron chi connectivity index (χ4n) is 1.21. The summed E-state index contributed by atoms with van der Waals surface area (Å²) in [4.78, 5) is 3.04. The number of rotatable bonds is 0. The van der Waals surface area contributed by atoms with E-state index in [1.54, 1.807) is 12.4 Å². The van der Waals surface area contributed by atoms with Gasteiger partial charge in [-0.05, 0) is 16.8 Å². The number of hydrogen-bond donors (Lipinski definition) is 2. The van der Waals surface area contributed by atoms with Gasteiger partial charge in [-0.25, -0.2) is 0 Å². The van der Waals surface area contributed by atoms with Crippen LogP contribution in [0.4, 0.5) is 0 Å². The Kier molecular flexibility index (Phi) is 2.62. The molecule has 0 radical (unpaired) electrons. The van der Waals surface area contributed by atoms with Crippen molar-refractivity contribution >= 4 is 10.8 Å². The molecule has 2 aromatic heterocycles. The second-order valence-electron chi connectivity index (χ2n) is 2.85. The topological polar surface area (TPSA) is 44.5 Å². The molecular formula is C11H11N3. The zero-order valence-electron chi connectivity index (χ0n) is 7.64. The van der Waals surface area contributed by atoms with Gasteiger partial charge in [-0.1, -0.05) is 24.3 Å². The standard InChI is InChI=1S/C8H7N.C3H4N2/c1-2-4-8-6-9-5-7(8)3-1;1-2-4-5-3-1/h1-6,9H;1-3H,(H,4,5). The Hall–Kier alpha value is -2.03. The summed E-state index contributed by atoms with van der Waals surface area (Å²) >= 11 is 0. The first-order valence-corrected chi connectivity index (χ1v) is 4.42. The molecule has 0 amide bonds. The molecule has 0 aliphatic heterocycles. The average molecular weight is 185 g/mol. The molecule has 3 nitrogen and oxygen atoms in total. The molecule has 0 aliphatic rings. The van der Waals surface area contributed by atoms with Crippen LogP contribution >= 0.6 is 0 Å². The molecule has 0 unspecified atom stereocenters. The van der Waals surface area contributed by atoms with Crippen molar-refractivity contribution in [2.24, 2.45) is 0 Å². The predicted molar refractivity (Wildman–Crippen MR) is 56.9 cm³/mol. The fraction of sp³-hybridized carbons (Fsp3) is 0. The highest BCUT2D eigenvalue weighted by atomic mass is 15.1. The van der Waals surface area contributed by atoms with E-state index >= 15 is 0 Å². The molecule has 3 aromatic rings. The van der Waals surface area contributed by atoms with Crippen LogP contribution in [0.3, 0.4) is 0 Å². The minimum atomic E-state index is 1.28. The summed E-state index contributed by atoms with van der Waals surface area (Å²) in [6, 6.07) is 10.1. The lowest BCUT2D eigenvalue weighted by molar-refractivity contribution is 1.09. The first kappa shape index (κ1) is 8.56. The number of benzene rings is 1. The van der Waals surface area contributed by atoms with E-state index in [0.29, 0.717) is 0 Å². The number of nitrogens with zero attached hydrogens (tertiary/aromatic N) is 1. The van der Waals surface area contributed by atoms with Crippen molar-refractivity contribution in [1.29, 1.82) is 0 Å². The summed E-state index contributed by atoms with van der Waals surface area (Å²) in [5.41, 5.74) is 0. The molecule has 3 rings (SSSR count). The maximum atomic E-state index is 3.60. The van der Waals surface area contributed by atoms with Gasteiger partial charge >= 0.3 is 0 Å². The van der Waals surface area contributed by atoms with Gasteiger partial charge in [-0.3, -0.25) is 5.10 Å². The van der Waals surface area contributed by atoms with Crippen LogP contribution in [0.15, 0.2) is 55.1 Å². The van der Waals surface area contributed by atoms with Crippen molar-refractivity contribution in [1.82, 2.24) is 15.2 Å². The zero-order chi connectivity index (χ0) is 9.64. The summed E-state index contributed by atoms with van der Waals surface area (Å²) in [7, 11) is 0. The van der Waals surface area contributed by atoms with Gasteiger partial charge in [0.05, 0.1) is 0 Å². The maximum absolute atomic E-state index is 3.60. The SMILES string of the molecule is c1ccc2c[nH]cc2c1.c1cn[nH]c1. The molecular weight excluding hydrogens is 174 g/mol. The highest BCUT2D eigenvalue weighted by Crippen LogP contribution is 2.10. The molecule has 0 fully saturated rings.